The van der Waals surface area contributed by atoms with Gasteiger partial charge in [-0.2, -0.15) is 0 Å². The SMILES string of the molecule is COc1ccc(N2c3cc(N4CCCC4)cc(n3)N(c3ccc(OC)cc3)c3cc(N4CCCC4)cc(n3)N(c3ccc(OC)cc3)c3cc(N4CCCC4)cc2n3)cc1. The summed E-state index contributed by atoms with van der Waals surface area (Å²) in [6.45, 7) is 5.86. The lowest BCUT2D eigenvalue weighted by molar-refractivity contribution is 0.414. The fraction of sp³-hybridized carbons (Fsp3) is 0.312. The van der Waals surface area contributed by atoms with Crippen LogP contribution < -0.4 is 43.6 Å². The molecule has 7 heterocycles. The Morgan fingerprint density at radius 2 is 0.533 bits per heavy atom. The Morgan fingerprint density at radius 1 is 0.317 bits per heavy atom. The van der Waals surface area contributed by atoms with Crippen LogP contribution in [-0.4, -0.2) is 75.5 Å². The molecule has 4 aliphatic rings. The van der Waals surface area contributed by atoms with Crippen LogP contribution in [0.1, 0.15) is 38.5 Å². The van der Waals surface area contributed by atoms with Crippen LogP contribution in [0.3, 0.4) is 0 Å². The first-order chi connectivity index (χ1) is 29.5. The number of hydrogen-bond donors (Lipinski definition) is 0. The molecule has 6 aromatic rings. The van der Waals surface area contributed by atoms with Gasteiger partial charge in [-0.05, 0) is 111 Å². The van der Waals surface area contributed by atoms with Gasteiger partial charge in [0.25, 0.3) is 0 Å². The maximum absolute atomic E-state index is 5.65. The van der Waals surface area contributed by atoms with Gasteiger partial charge in [-0.3, -0.25) is 14.7 Å². The van der Waals surface area contributed by atoms with Gasteiger partial charge in [0.1, 0.15) is 52.2 Å². The molecule has 3 aromatic carbocycles. The Hall–Kier alpha value is -6.69. The van der Waals surface area contributed by atoms with E-state index in [2.05, 4.69) is 102 Å². The number of benzene rings is 3. The number of pyridine rings is 3. The van der Waals surface area contributed by atoms with Crippen molar-refractivity contribution in [2.45, 2.75) is 38.5 Å². The third kappa shape index (κ3) is 7.20. The molecule has 0 amide bonds. The second-order valence-corrected chi connectivity index (χ2v) is 15.8. The van der Waals surface area contributed by atoms with Crippen molar-refractivity contribution < 1.29 is 14.2 Å². The van der Waals surface area contributed by atoms with Gasteiger partial charge in [-0.25, -0.2) is 15.0 Å². The van der Waals surface area contributed by atoms with Crippen LogP contribution in [0.25, 0.3) is 0 Å². The van der Waals surface area contributed by atoms with Crippen molar-refractivity contribution in [3.05, 3.63) is 109 Å². The van der Waals surface area contributed by atoms with Gasteiger partial charge in [0, 0.05) is 110 Å². The van der Waals surface area contributed by atoms with E-state index in [9.17, 15) is 0 Å². The van der Waals surface area contributed by atoms with E-state index in [0.717, 1.165) is 164 Å². The van der Waals surface area contributed by atoms with Gasteiger partial charge in [0.15, 0.2) is 0 Å². The van der Waals surface area contributed by atoms with Crippen molar-refractivity contribution in [1.82, 2.24) is 15.0 Å². The number of hydrogen-bond acceptors (Lipinski definition) is 12. The third-order valence-corrected chi connectivity index (χ3v) is 12.1. The highest BCUT2D eigenvalue weighted by Crippen LogP contribution is 2.47. The molecule has 0 radical (unpaired) electrons. The maximum atomic E-state index is 5.65. The predicted molar refractivity (Wildman–Crippen MR) is 241 cm³/mol. The summed E-state index contributed by atoms with van der Waals surface area (Å²) in [5.41, 5.74) is 6.07. The molecule has 0 saturated carbocycles. The van der Waals surface area contributed by atoms with Crippen LogP contribution >= 0.6 is 0 Å². The quantitative estimate of drug-likeness (QED) is 0.139. The molecule has 0 aliphatic carbocycles. The standard InChI is InChI=1S/C48H51N9O3/c1-58-40-16-10-34(11-17-40)55-43-28-37(52-22-4-5-23-52)30-45(49-43)56(35-12-18-41(59-2)19-13-35)47-32-39(54-26-8-9-27-54)33-48(51-47)57(36-14-20-42(60-3)21-15-36)46-31-38(29-44(55)50-46)53-24-6-7-25-53/h10-21,28-33H,4-9,22-27H2,1-3H3. The van der Waals surface area contributed by atoms with Crippen LogP contribution in [0.2, 0.25) is 0 Å². The molecule has 3 aromatic heterocycles. The van der Waals surface area contributed by atoms with Crippen LogP contribution in [0.15, 0.2) is 109 Å². The Labute approximate surface area is 352 Å². The van der Waals surface area contributed by atoms with Gasteiger partial charge in [0.05, 0.1) is 21.3 Å². The molecule has 60 heavy (non-hydrogen) atoms. The van der Waals surface area contributed by atoms with Gasteiger partial charge >= 0.3 is 0 Å². The second-order valence-electron chi connectivity index (χ2n) is 15.8. The summed E-state index contributed by atoms with van der Waals surface area (Å²) in [4.78, 5) is 30.9. The zero-order valence-corrected chi connectivity index (χ0v) is 34.6. The van der Waals surface area contributed by atoms with E-state index in [-0.39, 0.29) is 0 Å². The lowest BCUT2D eigenvalue weighted by Gasteiger charge is -2.34. The maximum Gasteiger partial charge on any atom is 0.143 e. The van der Waals surface area contributed by atoms with Crippen molar-refractivity contribution >= 4 is 69.0 Å². The molecule has 4 aliphatic heterocycles. The summed E-state index contributed by atoms with van der Waals surface area (Å²) in [7, 11) is 5.10. The highest BCUT2D eigenvalue weighted by atomic mass is 16.5. The summed E-state index contributed by atoms with van der Waals surface area (Å²) in [6, 6.07) is 37.9. The molecular formula is C48H51N9O3. The highest BCUT2D eigenvalue weighted by molar-refractivity contribution is 5.86. The van der Waals surface area contributed by atoms with Crippen LogP contribution in [-0.2, 0) is 0 Å². The van der Waals surface area contributed by atoms with Crippen LogP contribution in [0.5, 0.6) is 17.2 Å². The van der Waals surface area contributed by atoms with E-state index >= 15 is 0 Å². The molecule has 12 nitrogen and oxygen atoms in total. The minimum atomic E-state index is 0.752. The average molecular weight is 802 g/mol. The van der Waals surface area contributed by atoms with Crippen molar-refractivity contribution in [1.29, 1.82) is 0 Å². The molecule has 10 rings (SSSR count). The lowest BCUT2D eigenvalue weighted by atomic mass is 10.2. The van der Waals surface area contributed by atoms with E-state index in [4.69, 9.17) is 29.2 Å². The molecule has 3 saturated heterocycles. The zero-order valence-electron chi connectivity index (χ0n) is 34.6. The Balaban J connectivity index is 1.31. The molecular weight excluding hydrogens is 751 g/mol. The lowest BCUT2D eigenvalue weighted by Crippen LogP contribution is -2.25. The molecule has 0 atom stereocenters. The second kappa shape index (κ2) is 16.2. The zero-order chi connectivity index (χ0) is 40.6. The number of methoxy groups -OCH3 is 3. The summed E-state index contributed by atoms with van der Waals surface area (Å²) in [6.07, 6.45) is 6.86. The molecule has 0 spiro atoms. The number of ether oxygens (including phenoxy) is 3. The van der Waals surface area contributed by atoms with E-state index in [1.54, 1.807) is 21.3 Å². The first kappa shape index (κ1) is 37.6. The van der Waals surface area contributed by atoms with Gasteiger partial charge in [-0.1, -0.05) is 0 Å². The topological polar surface area (TPSA) is 85.8 Å². The largest absolute Gasteiger partial charge is 0.497 e. The summed E-state index contributed by atoms with van der Waals surface area (Å²) in [5.74, 6) is 6.85. The highest BCUT2D eigenvalue weighted by Gasteiger charge is 2.30. The number of aromatic nitrogens is 3. The van der Waals surface area contributed by atoms with Crippen LogP contribution in [0.4, 0.5) is 69.0 Å². The fourth-order valence-corrected chi connectivity index (χ4v) is 8.96. The first-order valence-corrected chi connectivity index (χ1v) is 21.2. The van der Waals surface area contributed by atoms with Gasteiger partial charge in [-0.15, -0.1) is 0 Å². The molecule has 3 fully saturated rings. The fourth-order valence-electron chi connectivity index (χ4n) is 8.96. The van der Waals surface area contributed by atoms with Crippen molar-refractivity contribution in [3.8, 4) is 17.2 Å². The number of nitrogens with zero attached hydrogens (tertiary/aromatic N) is 9. The van der Waals surface area contributed by atoms with Gasteiger partial charge in [0.2, 0.25) is 0 Å². The summed E-state index contributed by atoms with van der Waals surface area (Å²) < 4.78 is 17.0. The average Bonchev–Trinajstić information content (AvgIpc) is 4.13. The Kier molecular flexibility index (Phi) is 10.1. The first-order valence-electron chi connectivity index (χ1n) is 21.2. The Morgan fingerprint density at radius 3 is 0.733 bits per heavy atom. The molecule has 12 heteroatoms. The smallest absolute Gasteiger partial charge is 0.143 e. The molecule has 6 bridgehead atoms. The van der Waals surface area contributed by atoms with Gasteiger partial charge < -0.3 is 28.9 Å². The van der Waals surface area contributed by atoms with E-state index in [1.807, 2.05) is 36.4 Å². The molecule has 0 unspecified atom stereocenters. The normalized spacial score (nSPS) is 16.2. The minimum Gasteiger partial charge on any atom is -0.497 e. The molecule has 0 N–H and O–H groups in total. The number of anilines is 12. The number of rotatable bonds is 9. The van der Waals surface area contributed by atoms with Crippen molar-refractivity contribution in [2.75, 3.05) is 90.0 Å². The van der Waals surface area contributed by atoms with Crippen molar-refractivity contribution in [3.63, 3.8) is 0 Å². The summed E-state index contributed by atoms with van der Waals surface area (Å²) >= 11 is 0. The Bertz CT molecular complexity index is 2100. The van der Waals surface area contributed by atoms with E-state index in [1.165, 1.54) is 0 Å². The minimum absolute atomic E-state index is 0.752. The third-order valence-electron chi connectivity index (χ3n) is 12.1. The summed E-state index contributed by atoms with van der Waals surface area (Å²) in [5, 5.41) is 0. The predicted octanol–water partition coefficient (Wildman–Crippen LogP) is 10.4. The number of fused-ring (bicyclic) bond motifs is 6. The van der Waals surface area contributed by atoms with Crippen LogP contribution in [0, 0.1) is 0 Å². The van der Waals surface area contributed by atoms with E-state index in [0.29, 0.717) is 0 Å². The molecule has 306 valence electrons. The van der Waals surface area contributed by atoms with E-state index < -0.39 is 0 Å². The monoisotopic (exact) mass is 801 g/mol. The van der Waals surface area contributed by atoms with Crippen molar-refractivity contribution in [2.24, 2.45) is 0 Å².